The normalized spacial score (nSPS) is 14.9. The van der Waals surface area contributed by atoms with Crippen LogP contribution in [-0.2, 0) is 9.47 Å². The lowest BCUT2D eigenvalue weighted by Gasteiger charge is -2.32. The van der Waals surface area contributed by atoms with Gasteiger partial charge >= 0.3 is 18.2 Å². The molecule has 5 rings (SSSR count). The molecule has 0 radical (unpaired) electrons. The molecule has 234 valence electrons. The van der Waals surface area contributed by atoms with Crippen LogP contribution in [0.1, 0.15) is 59.9 Å². The molecular formula is C31H37FN6O6. The fourth-order valence-corrected chi connectivity index (χ4v) is 5.04. The Morgan fingerprint density at radius 1 is 1.05 bits per heavy atom. The fourth-order valence-electron chi connectivity index (χ4n) is 5.04. The number of pyridine rings is 2. The lowest BCUT2D eigenvalue weighted by molar-refractivity contribution is 0.0565. The molecular weight excluding hydrogens is 571 g/mol. The predicted molar refractivity (Wildman–Crippen MR) is 164 cm³/mol. The Balaban J connectivity index is 1.68. The minimum absolute atomic E-state index is 0.0670. The number of anilines is 3. The van der Waals surface area contributed by atoms with E-state index in [0.29, 0.717) is 28.0 Å². The molecule has 0 bridgehead atoms. The van der Waals surface area contributed by atoms with Gasteiger partial charge in [0.1, 0.15) is 29.3 Å². The van der Waals surface area contributed by atoms with E-state index in [4.69, 9.17) is 19.9 Å². The second-order valence-electron chi connectivity index (χ2n) is 12.9. The zero-order valence-electron chi connectivity index (χ0n) is 25.9. The highest BCUT2D eigenvalue weighted by Crippen LogP contribution is 2.43. The van der Waals surface area contributed by atoms with Gasteiger partial charge in [0.05, 0.1) is 12.2 Å². The van der Waals surface area contributed by atoms with Gasteiger partial charge in [0.2, 0.25) is 5.88 Å². The van der Waals surface area contributed by atoms with Crippen LogP contribution in [0.3, 0.4) is 0 Å². The first-order valence-electron chi connectivity index (χ1n) is 14.4. The molecule has 1 fully saturated rings. The summed E-state index contributed by atoms with van der Waals surface area (Å²) in [5.74, 6) is -0.250. The minimum atomic E-state index is -0.861. The highest BCUT2D eigenvalue weighted by Gasteiger charge is 2.35. The number of urea groups is 1. The number of carbonyl (C=O) groups excluding carboxylic acids is 3. The van der Waals surface area contributed by atoms with Gasteiger partial charge in [-0.25, -0.2) is 28.7 Å². The van der Waals surface area contributed by atoms with Crippen molar-refractivity contribution in [3.63, 3.8) is 0 Å². The SMILES string of the molecule is Cc1c(-c2cc3cc(N(C(N)=O)C4CC4)ncc3c(NC(=O)OC(C)(C)C)c2F)cnc2c1N(C(=O)OC(C)(C)C)CCO2. The number of nitrogens with two attached hydrogens (primary N) is 1. The van der Waals surface area contributed by atoms with Crippen LogP contribution in [0.2, 0.25) is 0 Å². The van der Waals surface area contributed by atoms with E-state index in [0.717, 1.165) is 12.8 Å². The Morgan fingerprint density at radius 2 is 1.73 bits per heavy atom. The number of fused-ring (bicyclic) bond motifs is 2. The maximum atomic E-state index is 16.6. The maximum Gasteiger partial charge on any atom is 0.415 e. The average Bonchev–Trinajstić information content (AvgIpc) is 3.73. The zero-order chi connectivity index (χ0) is 32.1. The second kappa shape index (κ2) is 11.1. The summed E-state index contributed by atoms with van der Waals surface area (Å²) < 4.78 is 33.3. The van der Waals surface area contributed by atoms with E-state index in [1.165, 1.54) is 22.2 Å². The number of primary amides is 1. The summed E-state index contributed by atoms with van der Waals surface area (Å²) >= 11 is 0. The first-order chi connectivity index (χ1) is 20.5. The van der Waals surface area contributed by atoms with Crippen molar-refractivity contribution in [3.8, 4) is 17.0 Å². The molecule has 12 nitrogen and oxygen atoms in total. The van der Waals surface area contributed by atoms with Gasteiger partial charge in [-0.2, -0.15) is 0 Å². The van der Waals surface area contributed by atoms with E-state index in [1.54, 1.807) is 60.6 Å². The zero-order valence-corrected chi connectivity index (χ0v) is 25.9. The Morgan fingerprint density at radius 3 is 2.34 bits per heavy atom. The van der Waals surface area contributed by atoms with E-state index >= 15 is 4.39 Å². The maximum absolute atomic E-state index is 16.6. The number of hydrogen-bond donors (Lipinski definition) is 2. The Hall–Kier alpha value is -4.68. The van der Waals surface area contributed by atoms with Crippen molar-refractivity contribution in [2.45, 2.75) is 78.6 Å². The Labute approximate surface area is 254 Å². The third-order valence-electron chi connectivity index (χ3n) is 6.97. The first kappa shape index (κ1) is 30.8. The molecule has 0 spiro atoms. The monoisotopic (exact) mass is 608 g/mol. The van der Waals surface area contributed by atoms with Crippen LogP contribution >= 0.6 is 0 Å². The number of ether oxygens (including phenoxy) is 3. The van der Waals surface area contributed by atoms with Crippen molar-refractivity contribution >= 4 is 46.2 Å². The molecule has 0 saturated heterocycles. The second-order valence-corrected chi connectivity index (χ2v) is 12.9. The molecule has 1 saturated carbocycles. The van der Waals surface area contributed by atoms with E-state index in [1.807, 2.05) is 0 Å². The number of rotatable bonds is 4. The van der Waals surface area contributed by atoms with Crippen LogP contribution < -0.4 is 25.6 Å². The molecule has 3 heterocycles. The van der Waals surface area contributed by atoms with Crippen molar-refractivity contribution in [3.05, 3.63) is 35.9 Å². The lowest BCUT2D eigenvalue weighted by Crippen LogP contribution is -2.42. The number of halogens is 1. The number of aromatic nitrogens is 2. The van der Waals surface area contributed by atoms with Gasteiger partial charge in [0, 0.05) is 34.9 Å². The van der Waals surface area contributed by atoms with Gasteiger partial charge in [-0.1, -0.05) is 0 Å². The van der Waals surface area contributed by atoms with Crippen LogP contribution in [0, 0.1) is 12.7 Å². The molecule has 13 heteroatoms. The highest BCUT2D eigenvalue weighted by molar-refractivity contribution is 6.05. The van der Waals surface area contributed by atoms with E-state index < -0.39 is 35.2 Å². The van der Waals surface area contributed by atoms with Crippen LogP contribution in [0.5, 0.6) is 5.88 Å². The largest absolute Gasteiger partial charge is 0.474 e. The van der Waals surface area contributed by atoms with Gasteiger partial charge in [-0.3, -0.25) is 15.1 Å². The molecule has 1 aromatic carbocycles. The molecule has 3 N–H and O–H groups in total. The van der Waals surface area contributed by atoms with Gasteiger partial charge < -0.3 is 19.9 Å². The first-order valence-corrected chi connectivity index (χ1v) is 14.4. The molecule has 0 unspecified atom stereocenters. The fraction of sp³-hybridized carbons (Fsp3) is 0.452. The highest BCUT2D eigenvalue weighted by atomic mass is 19.1. The molecule has 1 aliphatic carbocycles. The van der Waals surface area contributed by atoms with Gasteiger partial charge in [-0.15, -0.1) is 0 Å². The number of amides is 4. The van der Waals surface area contributed by atoms with Crippen molar-refractivity contribution < 1.29 is 33.0 Å². The van der Waals surface area contributed by atoms with Gasteiger partial charge in [0.25, 0.3) is 0 Å². The number of hydrogen-bond acceptors (Lipinski definition) is 8. The average molecular weight is 609 g/mol. The van der Waals surface area contributed by atoms with Crippen molar-refractivity contribution in [2.24, 2.45) is 5.73 Å². The van der Waals surface area contributed by atoms with Crippen LogP contribution in [0.25, 0.3) is 21.9 Å². The van der Waals surface area contributed by atoms with E-state index in [9.17, 15) is 14.4 Å². The van der Waals surface area contributed by atoms with Crippen molar-refractivity contribution in [1.82, 2.24) is 9.97 Å². The molecule has 44 heavy (non-hydrogen) atoms. The van der Waals surface area contributed by atoms with E-state index in [-0.39, 0.29) is 41.7 Å². The summed E-state index contributed by atoms with van der Waals surface area (Å²) in [7, 11) is 0. The molecule has 3 aromatic rings. The number of nitrogens with zero attached hydrogens (tertiary/aromatic N) is 4. The lowest BCUT2D eigenvalue weighted by atomic mass is 9.96. The summed E-state index contributed by atoms with van der Waals surface area (Å²) in [5.41, 5.74) is 5.21. The van der Waals surface area contributed by atoms with Crippen LogP contribution in [0.15, 0.2) is 24.5 Å². The van der Waals surface area contributed by atoms with E-state index in [2.05, 4.69) is 15.3 Å². The quantitative estimate of drug-likeness (QED) is 0.352. The van der Waals surface area contributed by atoms with Crippen LogP contribution in [-0.4, -0.2) is 58.6 Å². The number of nitrogens with one attached hydrogen (secondary N) is 1. The predicted octanol–water partition coefficient (Wildman–Crippen LogP) is 6.27. The minimum Gasteiger partial charge on any atom is -0.474 e. The summed E-state index contributed by atoms with van der Waals surface area (Å²) in [5, 5.41) is 3.30. The standard InChI is InChI=1S/C31H37FN6O6/c1-16-20(14-35-26-25(16)37(10-11-42-26)29(41)44-31(5,6)7)19-12-17-13-22(38(27(33)39)18-8-9-18)34-15-21(17)24(23(19)32)36-28(40)43-30(2,3)4/h12-15,18H,8-11H2,1-7H3,(H2,33,39)(H,36,40). The van der Waals surface area contributed by atoms with Crippen LogP contribution in [0.4, 0.5) is 36.0 Å². The smallest absolute Gasteiger partial charge is 0.415 e. The summed E-state index contributed by atoms with van der Waals surface area (Å²) in [4.78, 5) is 49.9. The third-order valence-corrected chi connectivity index (χ3v) is 6.97. The summed E-state index contributed by atoms with van der Waals surface area (Å²) in [6, 6.07) is 2.49. The Bertz CT molecular complexity index is 1660. The van der Waals surface area contributed by atoms with Crippen molar-refractivity contribution in [1.29, 1.82) is 0 Å². The molecule has 4 amide bonds. The molecule has 2 aromatic heterocycles. The number of carbonyl (C=O) groups is 3. The van der Waals surface area contributed by atoms with Crippen molar-refractivity contribution in [2.75, 3.05) is 28.3 Å². The number of benzene rings is 1. The summed E-state index contributed by atoms with van der Waals surface area (Å²) in [6.07, 6.45) is 2.98. The molecule has 1 aliphatic heterocycles. The third kappa shape index (κ3) is 6.31. The Kier molecular flexibility index (Phi) is 7.77. The van der Waals surface area contributed by atoms with Gasteiger partial charge in [-0.05, 0) is 84.4 Å². The molecule has 0 atom stereocenters. The van der Waals surface area contributed by atoms with Gasteiger partial charge in [0.15, 0.2) is 5.82 Å². The summed E-state index contributed by atoms with van der Waals surface area (Å²) in [6.45, 7) is 12.5. The topological polar surface area (TPSA) is 149 Å². The molecule has 2 aliphatic rings.